The average molecular weight is 320 g/mol. The van der Waals surface area contributed by atoms with E-state index in [9.17, 15) is 4.79 Å². The van der Waals surface area contributed by atoms with Crippen LogP contribution in [-0.4, -0.2) is 29.0 Å². The SMILES string of the molecule is O=C(NCCNc1ncnc(Cl)c1Br)C1CC1. The maximum atomic E-state index is 11.3. The Kier molecular flexibility index (Phi) is 4.17. The van der Waals surface area contributed by atoms with E-state index in [2.05, 4.69) is 36.5 Å². The molecular weight excluding hydrogens is 307 g/mol. The molecule has 1 aromatic heterocycles. The standard InChI is InChI=1S/C10H12BrClN4O/c11-7-8(12)15-5-16-9(7)13-3-4-14-10(17)6-1-2-6/h5-6H,1-4H2,(H,14,17)(H,13,15,16). The summed E-state index contributed by atoms with van der Waals surface area (Å²) in [6, 6.07) is 0. The van der Waals surface area contributed by atoms with Gasteiger partial charge in [-0.1, -0.05) is 11.6 Å². The van der Waals surface area contributed by atoms with E-state index in [1.54, 1.807) is 0 Å². The van der Waals surface area contributed by atoms with Gasteiger partial charge in [-0.05, 0) is 28.8 Å². The number of carbonyl (C=O) groups is 1. The van der Waals surface area contributed by atoms with Crippen LogP contribution in [0.25, 0.3) is 0 Å². The number of hydrogen-bond donors (Lipinski definition) is 2. The van der Waals surface area contributed by atoms with Gasteiger partial charge < -0.3 is 10.6 Å². The van der Waals surface area contributed by atoms with E-state index in [1.807, 2.05) is 0 Å². The van der Waals surface area contributed by atoms with Crippen LogP contribution >= 0.6 is 27.5 Å². The minimum atomic E-state index is 0.145. The van der Waals surface area contributed by atoms with Gasteiger partial charge in [-0.15, -0.1) is 0 Å². The van der Waals surface area contributed by atoms with Crippen LogP contribution in [0, 0.1) is 5.92 Å². The van der Waals surface area contributed by atoms with Crippen molar-refractivity contribution in [1.29, 1.82) is 0 Å². The van der Waals surface area contributed by atoms with Gasteiger partial charge in [0.05, 0.1) is 4.47 Å². The molecule has 0 aliphatic heterocycles. The van der Waals surface area contributed by atoms with E-state index in [1.165, 1.54) is 6.33 Å². The van der Waals surface area contributed by atoms with Crippen molar-refractivity contribution >= 4 is 39.3 Å². The monoisotopic (exact) mass is 318 g/mol. The molecule has 0 bridgehead atoms. The van der Waals surface area contributed by atoms with Gasteiger partial charge in [-0.3, -0.25) is 4.79 Å². The van der Waals surface area contributed by atoms with E-state index in [0.29, 0.717) is 28.5 Å². The number of nitrogens with one attached hydrogen (secondary N) is 2. The molecule has 2 N–H and O–H groups in total. The van der Waals surface area contributed by atoms with Crippen LogP contribution in [0.1, 0.15) is 12.8 Å². The first-order chi connectivity index (χ1) is 8.18. The Balaban J connectivity index is 1.74. The lowest BCUT2D eigenvalue weighted by Crippen LogP contribution is -2.30. The number of hydrogen-bond acceptors (Lipinski definition) is 4. The Labute approximate surface area is 112 Å². The molecule has 5 nitrogen and oxygen atoms in total. The summed E-state index contributed by atoms with van der Waals surface area (Å²) < 4.78 is 0.634. The smallest absolute Gasteiger partial charge is 0.223 e. The van der Waals surface area contributed by atoms with Crippen LogP contribution < -0.4 is 10.6 Å². The third-order valence-electron chi connectivity index (χ3n) is 2.41. The summed E-state index contributed by atoms with van der Waals surface area (Å²) in [6.07, 6.45) is 3.43. The highest BCUT2D eigenvalue weighted by atomic mass is 79.9. The van der Waals surface area contributed by atoms with Crippen LogP contribution in [0.3, 0.4) is 0 Å². The van der Waals surface area contributed by atoms with Crippen molar-refractivity contribution in [3.63, 3.8) is 0 Å². The summed E-state index contributed by atoms with van der Waals surface area (Å²) in [6.45, 7) is 1.17. The molecule has 0 spiro atoms. The van der Waals surface area contributed by atoms with Crippen LogP contribution in [-0.2, 0) is 4.79 Å². The number of anilines is 1. The fourth-order valence-corrected chi connectivity index (χ4v) is 1.81. The van der Waals surface area contributed by atoms with Crippen molar-refractivity contribution < 1.29 is 4.79 Å². The molecule has 1 aliphatic rings. The summed E-state index contributed by atoms with van der Waals surface area (Å²) in [5.74, 6) is 1.02. The van der Waals surface area contributed by atoms with Crippen LogP contribution in [0.15, 0.2) is 10.8 Å². The lowest BCUT2D eigenvalue weighted by atomic mass is 10.4. The Morgan fingerprint density at radius 2 is 2.24 bits per heavy atom. The molecule has 0 radical (unpaired) electrons. The summed E-state index contributed by atoms with van der Waals surface area (Å²) >= 11 is 9.11. The zero-order valence-electron chi connectivity index (χ0n) is 9.04. The fourth-order valence-electron chi connectivity index (χ4n) is 1.33. The molecule has 1 saturated carbocycles. The predicted octanol–water partition coefficient (Wildman–Crippen LogP) is 1.83. The molecule has 7 heteroatoms. The first kappa shape index (κ1) is 12.6. The van der Waals surface area contributed by atoms with Gasteiger partial charge in [-0.2, -0.15) is 0 Å². The van der Waals surface area contributed by atoms with Gasteiger partial charge in [-0.25, -0.2) is 9.97 Å². The normalized spacial score (nSPS) is 14.5. The first-order valence-electron chi connectivity index (χ1n) is 5.36. The van der Waals surface area contributed by atoms with Crippen molar-refractivity contribution in [2.24, 2.45) is 5.92 Å². The van der Waals surface area contributed by atoms with Gasteiger partial charge in [0.15, 0.2) is 0 Å². The summed E-state index contributed by atoms with van der Waals surface area (Å²) in [5.41, 5.74) is 0. The fraction of sp³-hybridized carbons (Fsp3) is 0.500. The van der Waals surface area contributed by atoms with Crippen LogP contribution in [0.4, 0.5) is 5.82 Å². The highest BCUT2D eigenvalue weighted by Crippen LogP contribution is 2.28. The number of amides is 1. The van der Waals surface area contributed by atoms with Crippen molar-refractivity contribution in [2.75, 3.05) is 18.4 Å². The molecule has 1 aliphatic carbocycles. The summed E-state index contributed by atoms with van der Waals surface area (Å²) in [7, 11) is 0. The lowest BCUT2D eigenvalue weighted by molar-refractivity contribution is -0.122. The summed E-state index contributed by atoms with van der Waals surface area (Å²) in [4.78, 5) is 19.2. The van der Waals surface area contributed by atoms with Crippen LogP contribution in [0.5, 0.6) is 0 Å². The first-order valence-corrected chi connectivity index (χ1v) is 6.53. The molecule has 0 saturated heterocycles. The molecule has 1 aromatic rings. The van der Waals surface area contributed by atoms with Crippen molar-refractivity contribution in [2.45, 2.75) is 12.8 Å². The van der Waals surface area contributed by atoms with Gasteiger partial charge in [0.1, 0.15) is 17.3 Å². The third kappa shape index (κ3) is 3.54. The molecule has 0 unspecified atom stereocenters. The topological polar surface area (TPSA) is 66.9 Å². The molecule has 1 heterocycles. The minimum absolute atomic E-state index is 0.145. The molecule has 17 heavy (non-hydrogen) atoms. The zero-order chi connectivity index (χ0) is 12.3. The van der Waals surface area contributed by atoms with E-state index in [0.717, 1.165) is 12.8 Å². The molecule has 1 amide bonds. The zero-order valence-corrected chi connectivity index (χ0v) is 11.4. The third-order valence-corrected chi connectivity index (χ3v) is 3.68. The second-order valence-corrected chi connectivity index (χ2v) is 4.97. The predicted molar refractivity (Wildman–Crippen MR) is 69.0 cm³/mol. The number of halogens is 2. The van der Waals surface area contributed by atoms with Crippen molar-refractivity contribution in [3.8, 4) is 0 Å². The average Bonchev–Trinajstić information content (AvgIpc) is 3.13. The molecule has 2 rings (SSSR count). The second-order valence-electron chi connectivity index (χ2n) is 3.82. The van der Waals surface area contributed by atoms with Crippen molar-refractivity contribution in [1.82, 2.24) is 15.3 Å². The van der Waals surface area contributed by atoms with Crippen molar-refractivity contribution in [3.05, 3.63) is 16.0 Å². The van der Waals surface area contributed by atoms with E-state index >= 15 is 0 Å². The molecular formula is C10H12BrClN4O. The Bertz CT molecular complexity index is 425. The quantitative estimate of drug-likeness (QED) is 0.642. The maximum Gasteiger partial charge on any atom is 0.223 e. The van der Waals surface area contributed by atoms with E-state index in [4.69, 9.17) is 11.6 Å². The second kappa shape index (κ2) is 5.64. The Morgan fingerprint density at radius 3 is 2.94 bits per heavy atom. The highest BCUT2D eigenvalue weighted by Gasteiger charge is 2.28. The molecule has 1 fully saturated rings. The lowest BCUT2D eigenvalue weighted by Gasteiger charge is -2.08. The van der Waals surface area contributed by atoms with Gasteiger partial charge in [0, 0.05) is 19.0 Å². The van der Waals surface area contributed by atoms with E-state index in [-0.39, 0.29) is 11.8 Å². The Hall–Kier alpha value is -0.880. The summed E-state index contributed by atoms with van der Waals surface area (Å²) in [5, 5.41) is 6.29. The number of nitrogens with zero attached hydrogens (tertiary/aromatic N) is 2. The Morgan fingerprint density at radius 1 is 1.47 bits per heavy atom. The number of carbonyl (C=O) groups excluding carboxylic acids is 1. The molecule has 0 aromatic carbocycles. The molecule has 0 atom stereocenters. The largest absolute Gasteiger partial charge is 0.367 e. The highest BCUT2D eigenvalue weighted by molar-refractivity contribution is 9.10. The maximum absolute atomic E-state index is 11.3. The number of rotatable bonds is 5. The van der Waals surface area contributed by atoms with E-state index < -0.39 is 0 Å². The minimum Gasteiger partial charge on any atom is -0.367 e. The van der Waals surface area contributed by atoms with Gasteiger partial charge in [0.2, 0.25) is 5.91 Å². The molecule has 92 valence electrons. The van der Waals surface area contributed by atoms with Gasteiger partial charge >= 0.3 is 0 Å². The number of aromatic nitrogens is 2. The van der Waals surface area contributed by atoms with Gasteiger partial charge in [0.25, 0.3) is 0 Å². The van der Waals surface area contributed by atoms with Crippen LogP contribution in [0.2, 0.25) is 5.15 Å².